The smallest absolute Gasteiger partial charge is 0.0908 e. The van der Waals surface area contributed by atoms with Crippen molar-refractivity contribution in [2.45, 2.75) is 0 Å². The largest absolute Gasteiger partial charge is 0.504 e. The van der Waals surface area contributed by atoms with E-state index < -0.39 is 7.92 Å². The Kier molecular flexibility index (Phi) is 5.23. The van der Waals surface area contributed by atoms with E-state index >= 15 is 0 Å². The Morgan fingerprint density at radius 1 is 0.895 bits per heavy atom. The standard InChI is InChI=1S/C17H15OP/c1-18-14-8-9-15-19(16-10-4-2-5-11-16)17-12-6-3-7-13-17/h2-8,10-14H,1H3/b14-8-. The second-order valence-electron chi connectivity index (χ2n) is 3.80. The SMILES string of the molecule is CO/C=C\C#CP(c1ccccc1)c1ccccc1. The highest BCUT2D eigenvalue weighted by molar-refractivity contribution is 7.77. The molecule has 0 unspecified atom stereocenters. The monoisotopic (exact) mass is 266 g/mol. The quantitative estimate of drug-likeness (QED) is 0.471. The van der Waals surface area contributed by atoms with Gasteiger partial charge in [-0.2, -0.15) is 0 Å². The molecule has 0 amide bonds. The molecule has 2 heteroatoms. The number of methoxy groups -OCH3 is 1. The summed E-state index contributed by atoms with van der Waals surface area (Å²) in [5, 5.41) is 2.53. The molecule has 0 saturated carbocycles. The van der Waals surface area contributed by atoms with E-state index in [1.165, 1.54) is 10.6 Å². The first-order valence-corrected chi connectivity index (χ1v) is 7.35. The lowest BCUT2D eigenvalue weighted by molar-refractivity contribution is 0.338. The Bertz CT molecular complexity index is 539. The van der Waals surface area contributed by atoms with E-state index in [9.17, 15) is 0 Å². The third-order valence-corrected chi connectivity index (χ3v) is 4.47. The van der Waals surface area contributed by atoms with Crippen molar-refractivity contribution in [1.29, 1.82) is 0 Å². The normalized spacial score (nSPS) is 10.2. The molecule has 0 aliphatic rings. The summed E-state index contributed by atoms with van der Waals surface area (Å²) >= 11 is 0. The molecule has 0 spiro atoms. The maximum absolute atomic E-state index is 4.86. The van der Waals surface area contributed by atoms with E-state index in [1.54, 1.807) is 19.4 Å². The summed E-state index contributed by atoms with van der Waals surface area (Å²) < 4.78 is 4.86. The Labute approximate surface area is 115 Å². The van der Waals surface area contributed by atoms with Gasteiger partial charge < -0.3 is 4.74 Å². The molecule has 0 heterocycles. The van der Waals surface area contributed by atoms with Crippen LogP contribution in [0.4, 0.5) is 0 Å². The van der Waals surface area contributed by atoms with E-state index in [2.05, 4.69) is 60.1 Å². The third kappa shape index (κ3) is 3.98. The van der Waals surface area contributed by atoms with E-state index in [0.717, 1.165) is 0 Å². The van der Waals surface area contributed by atoms with Gasteiger partial charge in [0, 0.05) is 14.0 Å². The lowest BCUT2D eigenvalue weighted by Gasteiger charge is -2.11. The summed E-state index contributed by atoms with van der Waals surface area (Å²) in [5.41, 5.74) is 3.34. The van der Waals surface area contributed by atoms with Crippen LogP contribution in [0.25, 0.3) is 0 Å². The first-order chi connectivity index (χ1) is 9.42. The topological polar surface area (TPSA) is 9.23 Å². The van der Waals surface area contributed by atoms with Crippen LogP contribution in [0.5, 0.6) is 0 Å². The minimum atomic E-state index is -0.635. The number of hydrogen-bond acceptors (Lipinski definition) is 1. The van der Waals surface area contributed by atoms with Crippen LogP contribution in [0.3, 0.4) is 0 Å². The lowest BCUT2D eigenvalue weighted by Crippen LogP contribution is -2.09. The van der Waals surface area contributed by atoms with Crippen molar-refractivity contribution in [3.63, 3.8) is 0 Å². The van der Waals surface area contributed by atoms with Crippen LogP contribution in [0.2, 0.25) is 0 Å². The molecule has 0 aliphatic heterocycles. The first-order valence-electron chi connectivity index (χ1n) is 6.01. The molecule has 0 aromatic heterocycles. The number of benzene rings is 2. The fourth-order valence-corrected chi connectivity index (χ4v) is 3.34. The van der Waals surface area contributed by atoms with Gasteiger partial charge in [-0.3, -0.25) is 0 Å². The van der Waals surface area contributed by atoms with Gasteiger partial charge in [-0.15, -0.1) is 0 Å². The maximum atomic E-state index is 4.86. The zero-order valence-corrected chi connectivity index (χ0v) is 11.7. The van der Waals surface area contributed by atoms with Gasteiger partial charge in [0.2, 0.25) is 0 Å². The highest BCUT2D eigenvalue weighted by Gasteiger charge is 2.09. The van der Waals surface area contributed by atoms with Gasteiger partial charge in [0.25, 0.3) is 0 Å². The minimum Gasteiger partial charge on any atom is -0.504 e. The second kappa shape index (κ2) is 7.41. The van der Waals surface area contributed by atoms with Crippen LogP contribution in [0, 0.1) is 11.6 Å². The molecule has 2 rings (SSSR count). The number of ether oxygens (including phenoxy) is 1. The fraction of sp³-hybridized carbons (Fsp3) is 0.0588. The molecule has 0 bridgehead atoms. The van der Waals surface area contributed by atoms with Crippen LogP contribution < -0.4 is 10.6 Å². The minimum absolute atomic E-state index is 0.635. The number of allylic oxidation sites excluding steroid dienone is 1. The van der Waals surface area contributed by atoms with Crippen LogP contribution in [0.15, 0.2) is 73.0 Å². The summed E-state index contributed by atoms with van der Waals surface area (Å²) in [4.78, 5) is 0. The predicted molar refractivity (Wildman–Crippen MR) is 83.0 cm³/mol. The van der Waals surface area contributed by atoms with Crippen molar-refractivity contribution in [3.8, 4) is 11.6 Å². The lowest BCUT2D eigenvalue weighted by atomic mass is 10.4. The van der Waals surface area contributed by atoms with Gasteiger partial charge in [-0.1, -0.05) is 72.2 Å². The Morgan fingerprint density at radius 3 is 1.89 bits per heavy atom. The number of hydrogen-bond donors (Lipinski definition) is 0. The summed E-state index contributed by atoms with van der Waals surface area (Å²) in [6, 6.07) is 20.8. The van der Waals surface area contributed by atoms with Crippen LogP contribution in [-0.2, 0) is 4.74 Å². The molecule has 0 radical (unpaired) electrons. The van der Waals surface area contributed by atoms with Crippen molar-refractivity contribution in [1.82, 2.24) is 0 Å². The molecule has 94 valence electrons. The van der Waals surface area contributed by atoms with Gasteiger partial charge in [-0.05, 0) is 10.6 Å². The van der Waals surface area contributed by atoms with Crippen molar-refractivity contribution in [2.24, 2.45) is 0 Å². The molecule has 0 atom stereocenters. The van der Waals surface area contributed by atoms with Crippen molar-refractivity contribution < 1.29 is 4.74 Å². The molecule has 2 aromatic rings. The summed E-state index contributed by atoms with van der Waals surface area (Å²) in [5.74, 6) is 3.06. The van der Waals surface area contributed by atoms with Crippen molar-refractivity contribution in [2.75, 3.05) is 7.11 Å². The Morgan fingerprint density at radius 2 is 1.42 bits per heavy atom. The molecule has 0 N–H and O–H groups in total. The number of rotatable bonds is 3. The molecule has 0 fully saturated rings. The summed E-state index contributed by atoms with van der Waals surface area (Å²) in [7, 11) is 0.985. The second-order valence-corrected chi connectivity index (χ2v) is 5.73. The third-order valence-electron chi connectivity index (χ3n) is 2.49. The zero-order valence-electron chi connectivity index (χ0n) is 10.8. The van der Waals surface area contributed by atoms with Crippen LogP contribution in [0.1, 0.15) is 0 Å². The van der Waals surface area contributed by atoms with Crippen molar-refractivity contribution >= 4 is 18.5 Å². The van der Waals surface area contributed by atoms with Crippen LogP contribution in [-0.4, -0.2) is 7.11 Å². The predicted octanol–water partition coefficient (Wildman–Crippen LogP) is 3.24. The van der Waals surface area contributed by atoms with E-state index in [4.69, 9.17) is 4.74 Å². The molecule has 0 saturated heterocycles. The molecule has 1 nitrogen and oxygen atoms in total. The molecule has 2 aromatic carbocycles. The first kappa shape index (κ1) is 13.4. The summed E-state index contributed by atoms with van der Waals surface area (Å²) in [6.45, 7) is 0. The van der Waals surface area contributed by atoms with E-state index in [0.29, 0.717) is 0 Å². The van der Waals surface area contributed by atoms with Gasteiger partial charge >= 0.3 is 0 Å². The molecule has 0 aliphatic carbocycles. The van der Waals surface area contributed by atoms with Gasteiger partial charge in [0.05, 0.1) is 13.4 Å². The molecule has 19 heavy (non-hydrogen) atoms. The Hall–Kier alpha value is -2.03. The van der Waals surface area contributed by atoms with Gasteiger partial charge in [0.15, 0.2) is 0 Å². The van der Waals surface area contributed by atoms with Crippen molar-refractivity contribution in [3.05, 3.63) is 73.0 Å². The average molecular weight is 266 g/mol. The highest BCUT2D eigenvalue weighted by atomic mass is 31.1. The summed E-state index contributed by atoms with van der Waals surface area (Å²) in [6.07, 6.45) is 3.33. The van der Waals surface area contributed by atoms with E-state index in [1.807, 2.05) is 12.1 Å². The highest BCUT2D eigenvalue weighted by Crippen LogP contribution is 2.31. The molecular weight excluding hydrogens is 251 g/mol. The van der Waals surface area contributed by atoms with Gasteiger partial charge in [0.1, 0.15) is 0 Å². The zero-order chi connectivity index (χ0) is 13.3. The fourth-order valence-electron chi connectivity index (χ4n) is 1.64. The van der Waals surface area contributed by atoms with Crippen LogP contribution >= 0.6 is 7.92 Å². The Balaban J connectivity index is 2.34. The maximum Gasteiger partial charge on any atom is 0.0908 e. The van der Waals surface area contributed by atoms with Gasteiger partial charge in [-0.25, -0.2) is 0 Å². The average Bonchev–Trinajstić information content (AvgIpc) is 2.49. The van der Waals surface area contributed by atoms with E-state index in [-0.39, 0.29) is 0 Å². The molecular formula is C17H15OP.